The average Bonchev–Trinajstić information content (AvgIpc) is 2.35. The SMILES string of the molecule is Cc1ccc(S(=O)(=O)N(CC(=O)O)[C@H](C)C(=O)O)cc1. The second-order valence-corrected chi connectivity index (χ2v) is 6.16. The van der Waals surface area contributed by atoms with Gasteiger partial charge in [0.1, 0.15) is 12.6 Å². The van der Waals surface area contributed by atoms with Crippen molar-refractivity contribution in [3.05, 3.63) is 29.8 Å². The number of hydrogen-bond donors (Lipinski definition) is 2. The molecule has 1 aromatic rings. The van der Waals surface area contributed by atoms with E-state index in [2.05, 4.69) is 0 Å². The lowest BCUT2D eigenvalue weighted by Crippen LogP contribution is -2.45. The smallest absolute Gasteiger partial charge is 0.321 e. The number of nitrogens with zero attached hydrogens (tertiary/aromatic N) is 1. The highest BCUT2D eigenvalue weighted by atomic mass is 32.2. The van der Waals surface area contributed by atoms with Gasteiger partial charge in [0, 0.05) is 0 Å². The van der Waals surface area contributed by atoms with Crippen LogP contribution < -0.4 is 0 Å². The molecule has 0 fully saturated rings. The minimum atomic E-state index is -4.19. The van der Waals surface area contributed by atoms with Crippen LogP contribution in [0.1, 0.15) is 12.5 Å². The van der Waals surface area contributed by atoms with Crippen molar-refractivity contribution >= 4 is 22.0 Å². The number of sulfonamides is 1. The molecule has 0 saturated heterocycles. The summed E-state index contributed by atoms with van der Waals surface area (Å²) in [6.07, 6.45) is 0. The van der Waals surface area contributed by atoms with Gasteiger partial charge in [0.2, 0.25) is 10.0 Å². The van der Waals surface area contributed by atoms with Crippen molar-refractivity contribution in [2.24, 2.45) is 0 Å². The quantitative estimate of drug-likeness (QED) is 0.793. The molecule has 20 heavy (non-hydrogen) atoms. The first-order valence-electron chi connectivity index (χ1n) is 5.69. The zero-order chi connectivity index (χ0) is 15.5. The van der Waals surface area contributed by atoms with E-state index in [1.807, 2.05) is 0 Å². The van der Waals surface area contributed by atoms with Crippen molar-refractivity contribution in [3.63, 3.8) is 0 Å². The summed E-state index contributed by atoms with van der Waals surface area (Å²) >= 11 is 0. The van der Waals surface area contributed by atoms with E-state index in [0.717, 1.165) is 12.5 Å². The van der Waals surface area contributed by atoms with Gasteiger partial charge in [-0.1, -0.05) is 17.7 Å². The fraction of sp³-hybridized carbons (Fsp3) is 0.333. The van der Waals surface area contributed by atoms with E-state index in [-0.39, 0.29) is 4.90 Å². The zero-order valence-corrected chi connectivity index (χ0v) is 11.8. The average molecular weight is 301 g/mol. The van der Waals surface area contributed by atoms with Crippen LogP contribution in [0, 0.1) is 6.92 Å². The van der Waals surface area contributed by atoms with Crippen LogP contribution in [-0.4, -0.2) is 47.5 Å². The topological polar surface area (TPSA) is 112 Å². The minimum absolute atomic E-state index is 0.141. The Balaban J connectivity index is 3.26. The Morgan fingerprint density at radius 2 is 1.70 bits per heavy atom. The maximum Gasteiger partial charge on any atom is 0.321 e. The van der Waals surface area contributed by atoms with Gasteiger partial charge in [0.15, 0.2) is 0 Å². The van der Waals surface area contributed by atoms with E-state index in [9.17, 15) is 18.0 Å². The van der Waals surface area contributed by atoms with E-state index in [1.54, 1.807) is 19.1 Å². The standard InChI is InChI=1S/C12H15NO6S/c1-8-3-5-10(6-4-8)20(18,19)13(7-11(14)15)9(2)12(16)17/h3-6,9H,7H2,1-2H3,(H,14,15)(H,16,17)/t9-/m1/s1. The number of carbonyl (C=O) groups is 2. The molecule has 1 atom stereocenters. The predicted molar refractivity (Wildman–Crippen MR) is 69.8 cm³/mol. The summed E-state index contributed by atoms with van der Waals surface area (Å²) in [6, 6.07) is 4.26. The molecule has 1 rings (SSSR count). The van der Waals surface area contributed by atoms with Crippen molar-refractivity contribution in [2.45, 2.75) is 24.8 Å². The number of carboxylic acid groups (broad SMARTS) is 2. The molecular weight excluding hydrogens is 286 g/mol. The normalized spacial score (nSPS) is 13.2. The molecule has 0 aliphatic heterocycles. The van der Waals surface area contributed by atoms with Gasteiger partial charge >= 0.3 is 11.9 Å². The van der Waals surface area contributed by atoms with Gasteiger partial charge in [-0.05, 0) is 26.0 Å². The third-order valence-corrected chi connectivity index (χ3v) is 4.64. The molecule has 0 aromatic heterocycles. The van der Waals surface area contributed by atoms with Crippen LogP contribution in [0.3, 0.4) is 0 Å². The van der Waals surface area contributed by atoms with Crippen molar-refractivity contribution in [3.8, 4) is 0 Å². The Labute approximate surface area is 116 Å². The molecule has 8 heteroatoms. The highest BCUT2D eigenvalue weighted by Crippen LogP contribution is 2.18. The van der Waals surface area contributed by atoms with E-state index < -0.39 is 34.5 Å². The monoisotopic (exact) mass is 301 g/mol. The number of aliphatic carboxylic acids is 2. The lowest BCUT2D eigenvalue weighted by Gasteiger charge is -2.24. The van der Waals surface area contributed by atoms with Crippen LogP contribution >= 0.6 is 0 Å². The Bertz CT molecular complexity index is 607. The molecule has 0 saturated carbocycles. The highest BCUT2D eigenvalue weighted by molar-refractivity contribution is 7.89. The summed E-state index contributed by atoms with van der Waals surface area (Å²) in [7, 11) is -4.19. The molecule has 0 amide bonds. The van der Waals surface area contributed by atoms with Crippen LogP contribution in [-0.2, 0) is 19.6 Å². The Hall–Kier alpha value is -1.93. The van der Waals surface area contributed by atoms with Gasteiger partial charge in [0.25, 0.3) is 0 Å². The van der Waals surface area contributed by atoms with E-state index in [1.165, 1.54) is 12.1 Å². The molecule has 1 aromatic carbocycles. The second-order valence-electron chi connectivity index (χ2n) is 4.27. The third kappa shape index (κ3) is 3.55. The second kappa shape index (κ2) is 6.02. The van der Waals surface area contributed by atoms with Crippen molar-refractivity contribution in [2.75, 3.05) is 6.54 Å². The fourth-order valence-corrected chi connectivity index (χ4v) is 3.07. The molecule has 110 valence electrons. The summed E-state index contributed by atoms with van der Waals surface area (Å²) in [5.74, 6) is -2.84. The number of rotatable bonds is 6. The van der Waals surface area contributed by atoms with Crippen molar-refractivity contribution in [1.29, 1.82) is 0 Å². The molecule has 7 nitrogen and oxygen atoms in total. The van der Waals surface area contributed by atoms with E-state index in [4.69, 9.17) is 10.2 Å². The van der Waals surface area contributed by atoms with Crippen LogP contribution in [0.4, 0.5) is 0 Å². The van der Waals surface area contributed by atoms with Gasteiger partial charge in [0.05, 0.1) is 4.90 Å². The van der Waals surface area contributed by atoms with Crippen LogP contribution in [0.2, 0.25) is 0 Å². The van der Waals surface area contributed by atoms with Crippen molar-refractivity contribution < 1.29 is 28.2 Å². The molecule has 0 heterocycles. The molecule has 0 unspecified atom stereocenters. The summed E-state index contributed by atoms with van der Waals surface area (Å²) < 4.78 is 25.1. The number of benzene rings is 1. The maximum atomic E-state index is 12.3. The van der Waals surface area contributed by atoms with Gasteiger partial charge < -0.3 is 10.2 Å². The lowest BCUT2D eigenvalue weighted by atomic mass is 10.2. The van der Waals surface area contributed by atoms with Crippen LogP contribution in [0.15, 0.2) is 29.2 Å². The molecule has 0 bridgehead atoms. The largest absolute Gasteiger partial charge is 0.480 e. The number of carboxylic acids is 2. The Kier molecular flexibility index (Phi) is 4.85. The first-order valence-corrected chi connectivity index (χ1v) is 7.13. The summed E-state index contributed by atoms with van der Waals surface area (Å²) in [4.78, 5) is 21.6. The molecular formula is C12H15NO6S. The number of hydrogen-bond acceptors (Lipinski definition) is 4. The van der Waals surface area contributed by atoms with Crippen LogP contribution in [0.5, 0.6) is 0 Å². The van der Waals surface area contributed by atoms with Gasteiger partial charge in [-0.15, -0.1) is 0 Å². The minimum Gasteiger partial charge on any atom is -0.480 e. The van der Waals surface area contributed by atoms with Crippen molar-refractivity contribution in [1.82, 2.24) is 4.31 Å². The highest BCUT2D eigenvalue weighted by Gasteiger charge is 2.34. The van der Waals surface area contributed by atoms with Gasteiger partial charge in [-0.3, -0.25) is 9.59 Å². The molecule has 0 aliphatic carbocycles. The Morgan fingerprint density at radius 1 is 1.20 bits per heavy atom. The van der Waals surface area contributed by atoms with Gasteiger partial charge in [-0.2, -0.15) is 4.31 Å². The molecule has 0 aliphatic rings. The maximum absolute atomic E-state index is 12.3. The first-order chi connectivity index (χ1) is 9.16. The van der Waals surface area contributed by atoms with E-state index in [0.29, 0.717) is 4.31 Å². The third-order valence-electron chi connectivity index (χ3n) is 2.71. The van der Waals surface area contributed by atoms with Gasteiger partial charge in [-0.25, -0.2) is 8.42 Å². The first kappa shape index (κ1) is 16.1. The Morgan fingerprint density at radius 3 is 2.10 bits per heavy atom. The number of aryl methyl sites for hydroxylation is 1. The fourth-order valence-electron chi connectivity index (χ4n) is 1.53. The van der Waals surface area contributed by atoms with E-state index >= 15 is 0 Å². The predicted octanol–water partition coefficient (Wildman–Crippen LogP) is 0.543. The summed E-state index contributed by atoms with van der Waals surface area (Å²) in [5, 5.41) is 17.7. The summed E-state index contributed by atoms with van der Waals surface area (Å²) in [5.41, 5.74) is 0.833. The molecule has 0 spiro atoms. The molecule has 2 N–H and O–H groups in total. The summed E-state index contributed by atoms with van der Waals surface area (Å²) in [6.45, 7) is 1.98. The van der Waals surface area contributed by atoms with Crippen LogP contribution in [0.25, 0.3) is 0 Å². The molecule has 0 radical (unpaired) electrons. The zero-order valence-electron chi connectivity index (χ0n) is 11.0. The lowest BCUT2D eigenvalue weighted by molar-refractivity contribution is -0.142.